The maximum absolute atomic E-state index is 6.98. The first-order valence-corrected chi connectivity index (χ1v) is 39.5. The van der Waals surface area contributed by atoms with Crippen molar-refractivity contribution in [2.75, 3.05) is 9.80 Å². The van der Waals surface area contributed by atoms with E-state index < -0.39 is 0 Å². The standard InChI is InChI=1S/C100H117N3/c1-14-20-22-24-26-85-70-98(96-63-61-94(68-74(96)12)103(90-54-42-82(43-55-90)78-34-30-76(31-35-78)66-72(9)10)92-58-46-84(47-59-92)80-38-50-88(51-39-80)100(101,19-6)64-16-3)86(27-25-23-21-15-2)69-97(85)95-62-60-93(67-73(95)11)102(89-52-40-81(41-53-89)77-32-28-75(29-33-77)65-71(7)8)91-56-44-83(45-57-91)79-36-48-87(49-37-79)99(13,17-4)18-5/h28-63,67-72H,14-27,64-66,101H2,1-13H3. The Hall–Kier alpha value is -9.02. The van der Waals surface area contributed by atoms with Gasteiger partial charge in [-0.2, -0.15) is 0 Å². The van der Waals surface area contributed by atoms with E-state index in [0.29, 0.717) is 11.8 Å². The van der Waals surface area contributed by atoms with Crippen LogP contribution in [0.4, 0.5) is 34.1 Å². The Labute approximate surface area is 621 Å². The van der Waals surface area contributed by atoms with Crippen molar-refractivity contribution in [1.29, 1.82) is 0 Å². The summed E-state index contributed by atoms with van der Waals surface area (Å²) in [5.74, 6) is 1.24. The van der Waals surface area contributed by atoms with E-state index >= 15 is 0 Å². The average Bonchev–Trinajstić information content (AvgIpc) is 0.769. The van der Waals surface area contributed by atoms with Crippen LogP contribution < -0.4 is 15.5 Å². The fraction of sp³-hybridized carbons (Fsp3) is 0.340. The lowest BCUT2D eigenvalue weighted by Gasteiger charge is -2.29. The summed E-state index contributed by atoms with van der Waals surface area (Å²) in [6.45, 7) is 29.9. The molecule has 1 atom stereocenters. The van der Waals surface area contributed by atoms with Crippen LogP contribution in [0.2, 0.25) is 0 Å². The highest BCUT2D eigenvalue weighted by molar-refractivity contribution is 5.87. The Morgan fingerprint density at radius 1 is 0.311 bits per heavy atom. The number of benzene rings is 11. The monoisotopic (exact) mass is 1360 g/mol. The fourth-order valence-corrected chi connectivity index (χ4v) is 15.7. The molecule has 0 spiro atoms. The summed E-state index contributed by atoms with van der Waals surface area (Å²) in [4.78, 5) is 4.90. The van der Waals surface area contributed by atoms with Crippen molar-refractivity contribution in [2.24, 2.45) is 17.6 Å². The van der Waals surface area contributed by atoms with Gasteiger partial charge in [-0.1, -0.05) is 291 Å². The molecule has 1 unspecified atom stereocenters. The quantitative estimate of drug-likeness (QED) is 0.0416. The number of nitrogens with two attached hydrogens (primary N) is 1. The molecule has 0 bridgehead atoms. The highest BCUT2D eigenvalue weighted by Gasteiger charge is 2.26. The van der Waals surface area contributed by atoms with Gasteiger partial charge in [0, 0.05) is 39.7 Å². The minimum Gasteiger partial charge on any atom is -0.321 e. The molecule has 11 aromatic rings. The zero-order valence-corrected chi connectivity index (χ0v) is 64.7. The smallest absolute Gasteiger partial charge is 0.0464 e. The van der Waals surface area contributed by atoms with Gasteiger partial charge in [-0.3, -0.25) is 0 Å². The van der Waals surface area contributed by atoms with Gasteiger partial charge in [0.15, 0.2) is 0 Å². The van der Waals surface area contributed by atoms with Crippen molar-refractivity contribution in [3.05, 3.63) is 287 Å². The molecule has 0 aromatic heterocycles. The second kappa shape index (κ2) is 35.0. The van der Waals surface area contributed by atoms with Crippen molar-refractivity contribution in [1.82, 2.24) is 0 Å². The van der Waals surface area contributed by atoms with E-state index in [9.17, 15) is 0 Å². The Kier molecular flexibility index (Phi) is 25.5. The molecule has 0 radical (unpaired) electrons. The number of hydrogen-bond acceptors (Lipinski definition) is 3. The van der Waals surface area contributed by atoms with Crippen LogP contribution in [0.1, 0.15) is 204 Å². The molecule has 3 nitrogen and oxygen atoms in total. The molecule has 0 aliphatic rings. The van der Waals surface area contributed by atoms with Gasteiger partial charge in [-0.25, -0.2) is 0 Å². The highest BCUT2D eigenvalue weighted by atomic mass is 15.1. The molecule has 532 valence electrons. The lowest BCUT2D eigenvalue weighted by atomic mass is 9.77. The van der Waals surface area contributed by atoms with Crippen LogP contribution in [0.15, 0.2) is 243 Å². The third-order valence-corrected chi connectivity index (χ3v) is 22.4. The van der Waals surface area contributed by atoms with Crippen molar-refractivity contribution >= 4 is 34.1 Å². The van der Waals surface area contributed by atoms with E-state index in [0.717, 1.165) is 105 Å². The molecule has 0 amide bonds. The van der Waals surface area contributed by atoms with Gasteiger partial charge >= 0.3 is 0 Å². The zero-order valence-electron chi connectivity index (χ0n) is 64.7. The van der Waals surface area contributed by atoms with Crippen LogP contribution in [0.3, 0.4) is 0 Å². The minimum atomic E-state index is -0.308. The second-order valence-corrected chi connectivity index (χ2v) is 30.9. The number of hydrogen-bond donors (Lipinski definition) is 1. The van der Waals surface area contributed by atoms with Gasteiger partial charge in [0.1, 0.15) is 0 Å². The van der Waals surface area contributed by atoms with Crippen molar-refractivity contribution in [3.63, 3.8) is 0 Å². The van der Waals surface area contributed by atoms with Crippen LogP contribution in [0, 0.1) is 25.7 Å². The van der Waals surface area contributed by atoms with E-state index in [1.165, 1.54) is 150 Å². The Morgan fingerprint density at radius 3 is 0.893 bits per heavy atom. The van der Waals surface area contributed by atoms with E-state index in [2.05, 4.69) is 342 Å². The number of nitrogens with zero attached hydrogens (tertiary/aromatic N) is 2. The maximum Gasteiger partial charge on any atom is 0.0464 e. The molecule has 0 heterocycles. The summed E-state index contributed by atoms with van der Waals surface area (Å²) in [5.41, 5.74) is 39.6. The molecular weight excluding hydrogens is 1240 g/mol. The third kappa shape index (κ3) is 18.1. The summed E-state index contributed by atoms with van der Waals surface area (Å²) in [6, 6.07) is 93.3. The van der Waals surface area contributed by atoms with E-state index in [1.54, 1.807) is 0 Å². The van der Waals surface area contributed by atoms with Crippen LogP contribution >= 0.6 is 0 Å². The van der Waals surface area contributed by atoms with Crippen LogP contribution in [0.25, 0.3) is 66.8 Å². The van der Waals surface area contributed by atoms with Gasteiger partial charge in [-0.15, -0.1) is 0 Å². The first kappa shape index (κ1) is 75.1. The zero-order chi connectivity index (χ0) is 72.6. The molecular formula is C100H117N3. The second-order valence-electron chi connectivity index (χ2n) is 30.9. The molecule has 11 rings (SSSR count). The molecule has 0 saturated heterocycles. The predicted molar refractivity (Wildman–Crippen MR) is 450 cm³/mol. The van der Waals surface area contributed by atoms with Gasteiger partial charge in [-0.05, 0) is 279 Å². The molecule has 0 aliphatic carbocycles. The number of anilines is 6. The largest absolute Gasteiger partial charge is 0.321 e. The topological polar surface area (TPSA) is 32.5 Å². The Morgan fingerprint density at radius 2 is 0.612 bits per heavy atom. The molecule has 0 saturated carbocycles. The molecule has 11 aromatic carbocycles. The predicted octanol–water partition coefficient (Wildman–Crippen LogP) is 29.3. The summed E-state index contributed by atoms with van der Waals surface area (Å²) >= 11 is 0. The summed E-state index contributed by atoms with van der Waals surface area (Å²) in [5, 5.41) is 0. The minimum absolute atomic E-state index is 0.182. The van der Waals surface area contributed by atoms with Gasteiger partial charge in [0.25, 0.3) is 0 Å². The highest BCUT2D eigenvalue weighted by Crippen LogP contribution is 2.45. The first-order valence-electron chi connectivity index (χ1n) is 39.5. The van der Waals surface area contributed by atoms with E-state index in [-0.39, 0.29) is 11.0 Å². The fourth-order valence-electron chi connectivity index (χ4n) is 15.7. The van der Waals surface area contributed by atoms with E-state index in [4.69, 9.17) is 5.73 Å². The summed E-state index contributed by atoms with van der Waals surface area (Å²) in [6.07, 6.45) is 19.1. The van der Waals surface area contributed by atoms with Gasteiger partial charge in [0.2, 0.25) is 0 Å². The van der Waals surface area contributed by atoms with Crippen molar-refractivity contribution in [2.45, 2.75) is 210 Å². The van der Waals surface area contributed by atoms with Crippen molar-refractivity contribution in [3.8, 4) is 66.8 Å². The van der Waals surface area contributed by atoms with E-state index in [1.807, 2.05) is 0 Å². The molecule has 2 N–H and O–H groups in total. The summed E-state index contributed by atoms with van der Waals surface area (Å²) < 4.78 is 0. The Bertz CT molecular complexity index is 4460. The maximum atomic E-state index is 6.98. The Balaban J connectivity index is 0.972. The normalized spacial score (nSPS) is 12.3. The first-order chi connectivity index (χ1) is 49.9. The van der Waals surface area contributed by atoms with Gasteiger partial charge in [0.05, 0.1) is 0 Å². The van der Waals surface area contributed by atoms with Crippen LogP contribution in [-0.2, 0) is 36.6 Å². The lowest BCUT2D eigenvalue weighted by molar-refractivity contribution is 0.390. The molecule has 0 aliphatic heterocycles. The van der Waals surface area contributed by atoms with Crippen LogP contribution in [0.5, 0.6) is 0 Å². The lowest BCUT2D eigenvalue weighted by Crippen LogP contribution is -2.35. The molecule has 103 heavy (non-hydrogen) atoms. The van der Waals surface area contributed by atoms with Crippen LogP contribution in [-0.4, -0.2) is 0 Å². The molecule has 0 fully saturated rings. The average molecular weight is 1360 g/mol. The van der Waals surface area contributed by atoms with Gasteiger partial charge < -0.3 is 15.5 Å². The van der Waals surface area contributed by atoms with Crippen molar-refractivity contribution < 1.29 is 0 Å². The number of unbranched alkanes of at least 4 members (excludes halogenated alkanes) is 6. The third-order valence-electron chi connectivity index (χ3n) is 22.4. The summed E-state index contributed by atoms with van der Waals surface area (Å²) in [7, 11) is 0. The molecule has 3 heteroatoms. The number of rotatable bonds is 33. The SMILES string of the molecule is CCCCCCc1cc(-c2ccc(N(c3ccc(-c4ccc(CC(C)C)cc4)cc3)c3ccc(-c4ccc(C(N)(CC)CCC)cc4)cc3)cc2C)c(CCCCCC)cc1-c1ccc(N(c2ccc(-c3ccc(CC(C)C)cc3)cc2)c2ccc(-c3ccc(C(C)(CC)CC)cc3)cc2)cc1C. The number of aryl methyl sites for hydroxylation is 4.